The number of nitrogens with one attached hydrogen (secondary N) is 2. The number of carbonyl (C=O) groups excluding carboxylic acids is 1. The van der Waals surface area contributed by atoms with Crippen LogP contribution >= 0.6 is 11.8 Å². The van der Waals surface area contributed by atoms with Crippen molar-refractivity contribution in [1.29, 1.82) is 0 Å². The molecule has 0 saturated carbocycles. The number of hydrogen-bond acceptors (Lipinski definition) is 4. The van der Waals surface area contributed by atoms with Gasteiger partial charge in [-0.3, -0.25) is 9.52 Å². The monoisotopic (exact) mass is 466 g/mol. The van der Waals surface area contributed by atoms with Gasteiger partial charge in [-0.2, -0.15) is 13.2 Å². The molecule has 0 aliphatic heterocycles. The highest BCUT2D eigenvalue weighted by molar-refractivity contribution is 7.99. The average Bonchev–Trinajstić information content (AvgIpc) is 2.73. The first-order valence-electron chi connectivity index (χ1n) is 8.92. The van der Waals surface area contributed by atoms with Crippen LogP contribution in [0.1, 0.15) is 10.4 Å². The smallest absolute Gasteiger partial charge is 0.321 e. The zero-order valence-electron chi connectivity index (χ0n) is 15.9. The Hall–Kier alpha value is -2.98. The van der Waals surface area contributed by atoms with E-state index >= 15 is 0 Å². The first-order valence-corrected chi connectivity index (χ1v) is 11.4. The third-order valence-electron chi connectivity index (χ3n) is 3.98. The van der Waals surface area contributed by atoms with E-state index < -0.39 is 27.9 Å². The van der Waals surface area contributed by atoms with Gasteiger partial charge in [0.1, 0.15) is 0 Å². The van der Waals surface area contributed by atoms with Crippen molar-refractivity contribution >= 4 is 39.1 Å². The highest BCUT2D eigenvalue weighted by Gasteiger charge is 2.27. The summed E-state index contributed by atoms with van der Waals surface area (Å²) >= 11 is 0.581. The summed E-state index contributed by atoms with van der Waals surface area (Å²) in [5.41, 5.74) is 0.746. The first kappa shape index (κ1) is 22.7. The van der Waals surface area contributed by atoms with E-state index in [1.54, 1.807) is 30.3 Å². The number of benzene rings is 3. The molecule has 0 spiro atoms. The van der Waals surface area contributed by atoms with Gasteiger partial charge in [0.25, 0.3) is 15.9 Å². The Balaban J connectivity index is 1.69. The number of thioether (sulfide) groups is 1. The van der Waals surface area contributed by atoms with Gasteiger partial charge in [0, 0.05) is 16.1 Å². The molecule has 2 N–H and O–H groups in total. The number of alkyl halides is 3. The van der Waals surface area contributed by atoms with Crippen LogP contribution in [-0.2, 0) is 10.0 Å². The Bertz CT molecular complexity index is 1150. The number of carbonyl (C=O) groups is 1. The van der Waals surface area contributed by atoms with Gasteiger partial charge < -0.3 is 5.32 Å². The molecule has 0 aliphatic carbocycles. The minimum Gasteiger partial charge on any atom is -0.321 e. The minimum atomic E-state index is -4.33. The predicted molar refractivity (Wildman–Crippen MR) is 115 cm³/mol. The normalized spacial score (nSPS) is 11.7. The van der Waals surface area contributed by atoms with Crippen LogP contribution in [0.3, 0.4) is 0 Å². The molecule has 10 heteroatoms. The average molecular weight is 467 g/mol. The van der Waals surface area contributed by atoms with Crippen molar-refractivity contribution in [2.24, 2.45) is 0 Å². The molecule has 0 atom stereocenters. The van der Waals surface area contributed by atoms with Gasteiger partial charge in [0.05, 0.1) is 16.3 Å². The van der Waals surface area contributed by atoms with Gasteiger partial charge in [-0.1, -0.05) is 30.3 Å². The molecule has 0 bridgehead atoms. The van der Waals surface area contributed by atoms with E-state index in [0.717, 1.165) is 0 Å². The van der Waals surface area contributed by atoms with Crippen LogP contribution in [0.25, 0.3) is 0 Å². The number of halogens is 3. The maximum absolute atomic E-state index is 12.5. The van der Waals surface area contributed by atoms with Gasteiger partial charge in [-0.25, -0.2) is 8.42 Å². The summed E-state index contributed by atoms with van der Waals surface area (Å²) < 4.78 is 64.7. The highest BCUT2D eigenvalue weighted by atomic mass is 32.2. The van der Waals surface area contributed by atoms with Crippen molar-refractivity contribution in [2.45, 2.75) is 16.0 Å². The number of hydrogen-bond donors (Lipinski definition) is 2. The van der Waals surface area contributed by atoms with E-state index in [4.69, 9.17) is 0 Å². The minimum absolute atomic E-state index is 0.102. The molecule has 3 aromatic rings. The molecule has 0 aliphatic rings. The van der Waals surface area contributed by atoms with Gasteiger partial charge in [-0.15, -0.1) is 11.8 Å². The molecule has 31 heavy (non-hydrogen) atoms. The Kier molecular flexibility index (Phi) is 6.91. The third kappa shape index (κ3) is 6.50. The van der Waals surface area contributed by atoms with Crippen LogP contribution in [0.4, 0.5) is 24.5 Å². The van der Waals surface area contributed by atoms with E-state index in [1.807, 2.05) is 0 Å². The van der Waals surface area contributed by atoms with Crippen molar-refractivity contribution in [3.63, 3.8) is 0 Å². The summed E-state index contributed by atoms with van der Waals surface area (Å²) in [4.78, 5) is 12.9. The molecule has 162 valence electrons. The van der Waals surface area contributed by atoms with E-state index in [2.05, 4.69) is 10.0 Å². The van der Waals surface area contributed by atoms with Crippen LogP contribution in [0.2, 0.25) is 0 Å². The molecular formula is C21H17F3N2O3S2. The molecule has 0 aromatic heterocycles. The zero-order valence-corrected chi connectivity index (χ0v) is 17.5. The summed E-state index contributed by atoms with van der Waals surface area (Å²) in [5, 5.41) is 2.59. The summed E-state index contributed by atoms with van der Waals surface area (Å²) in [7, 11) is -3.76. The molecular weight excluding hydrogens is 449 g/mol. The molecule has 0 unspecified atom stereocenters. The molecule has 0 saturated heterocycles. The SMILES string of the molecule is O=C(Nc1ccccc1SCC(F)(F)F)c1ccc(NS(=O)(=O)c2ccccc2)cc1. The molecule has 0 heterocycles. The molecule has 3 rings (SSSR count). The van der Waals surface area contributed by atoms with Crippen LogP contribution in [0.5, 0.6) is 0 Å². The van der Waals surface area contributed by atoms with Crippen LogP contribution < -0.4 is 10.0 Å². The Morgan fingerprint density at radius 3 is 2.13 bits per heavy atom. The molecule has 0 fully saturated rings. The summed E-state index contributed by atoms with van der Waals surface area (Å²) in [6, 6.07) is 19.7. The lowest BCUT2D eigenvalue weighted by Crippen LogP contribution is -2.15. The summed E-state index contributed by atoms with van der Waals surface area (Å²) in [6.45, 7) is 0. The number of para-hydroxylation sites is 1. The van der Waals surface area contributed by atoms with Crippen molar-refractivity contribution in [1.82, 2.24) is 0 Å². The zero-order chi connectivity index (χ0) is 22.5. The number of sulfonamides is 1. The quantitative estimate of drug-likeness (QED) is 0.458. The second-order valence-electron chi connectivity index (χ2n) is 6.35. The largest absolute Gasteiger partial charge is 0.398 e. The van der Waals surface area contributed by atoms with Crippen LogP contribution in [0, 0.1) is 0 Å². The second kappa shape index (κ2) is 9.44. The second-order valence-corrected chi connectivity index (χ2v) is 9.05. The van der Waals surface area contributed by atoms with Crippen LogP contribution in [-0.4, -0.2) is 26.3 Å². The molecule has 3 aromatic carbocycles. The maximum Gasteiger partial charge on any atom is 0.398 e. The van der Waals surface area contributed by atoms with Gasteiger partial charge >= 0.3 is 6.18 Å². The van der Waals surface area contributed by atoms with E-state index in [1.165, 1.54) is 48.5 Å². The Labute approximate surface area is 181 Å². The lowest BCUT2D eigenvalue weighted by atomic mass is 10.2. The summed E-state index contributed by atoms with van der Waals surface area (Å²) in [6.07, 6.45) is -4.33. The molecule has 5 nitrogen and oxygen atoms in total. The van der Waals surface area contributed by atoms with Crippen molar-refractivity contribution in [3.05, 3.63) is 84.4 Å². The fourth-order valence-corrected chi connectivity index (χ4v) is 4.40. The number of anilines is 2. The van der Waals surface area contributed by atoms with Gasteiger partial charge in [0.2, 0.25) is 0 Å². The lowest BCUT2D eigenvalue weighted by Gasteiger charge is -2.12. The van der Waals surface area contributed by atoms with Crippen LogP contribution in [0.15, 0.2) is 88.7 Å². The fourth-order valence-electron chi connectivity index (χ4n) is 2.55. The standard InChI is InChI=1S/C21H17F3N2O3S2/c22-21(23,24)14-30-19-9-5-4-8-18(19)25-20(27)15-10-12-16(13-11-15)26-31(28,29)17-6-2-1-3-7-17/h1-13,26H,14H2,(H,25,27). The van der Waals surface area contributed by atoms with Crippen molar-refractivity contribution in [2.75, 3.05) is 15.8 Å². The topological polar surface area (TPSA) is 75.3 Å². The Morgan fingerprint density at radius 1 is 0.871 bits per heavy atom. The Morgan fingerprint density at radius 2 is 1.48 bits per heavy atom. The van der Waals surface area contributed by atoms with Gasteiger partial charge in [0.15, 0.2) is 0 Å². The highest BCUT2D eigenvalue weighted by Crippen LogP contribution is 2.32. The van der Waals surface area contributed by atoms with Gasteiger partial charge in [-0.05, 0) is 48.5 Å². The number of rotatable bonds is 7. The fraction of sp³-hybridized carbons (Fsp3) is 0.0952. The molecule has 1 amide bonds. The lowest BCUT2D eigenvalue weighted by molar-refractivity contribution is -0.105. The third-order valence-corrected chi connectivity index (χ3v) is 6.52. The van der Waals surface area contributed by atoms with Crippen molar-refractivity contribution in [3.8, 4) is 0 Å². The first-order chi connectivity index (χ1) is 14.6. The summed E-state index contributed by atoms with van der Waals surface area (Å²) in [5.74, 6) is -1.60. The van der Waals surface area contributed by atoms with Crippen molar-refractivity contribution < 1.29 is 26.4 Å². The maximum atomic E-state index is 12.5. The van der Waals surface area contributed by atoms with E-state index in [9.17, 15) is 26.4 Å². The number of amides is 1. The molecule has 0 radical (unpaired) electrons. The predicted octanol–water partition coefficient (Wildman–Crippen LogP) is 5.39. The van der Waals surface area contributed by atoms with E-state index in [-0.39, 0.29) is 21.8 Å². The van der Waals surface area contributed by atoms with E-state index in [0.29, 0.717) is 16.7 Å².